The molecule has 30 heavy (non-hydrogen) atoms. The number of carbonyl (C=O) groups excluding carboxylic acids is 2. The quantitative estimate of drug-likeness (QED) is 0.446. The maximum absolute atomic E-state index is 12.1. The highest BCUT2D eigenvalue weighted by Gasteiger charge is 2.64. The van der Waals surface area contributed by atoms with Gasteiger partial charge in [-0.3, -0.25) is 9.59 Å². The molecule has 1 aliphatic heterocycles. The zero-order chi connectivity index (χ0) is 22.0. The van der Waals surface area contributed by atoms with Crippen molar-refractivity contribution in [2.24, 2.45) is 22.7 Å². The molecule has 0 aromatic rings. The molecule has 0 aromatic heterocycles. The summed E-state index contributed by atoms with van der Waals surface area (Å²) in [7, 11) is -3.87. The number of hydrogen-bond acceptors (Lipinski definition) is 6. The van der Waals surface area contributed by atoms with E-state index in [-0.39, 0.29) is 17.1 Å². The van der Waals surface area contributed by atoms with Gasteiger partial charge in [-0.25, -0.2) is 8.42 Å². The Balaban J connectivity index is 0.000000171. The van der Waals surface area contributed by atoms with Gasteiger partial charge in [0, 0.05) is 29.3 Å². The first-order valence-electron chi connectivity index (χ1n) is 11.3. The van der Waals surface area contributed by atoms with Crippen LogP contribution in [0.3, 0.4) is 0 Å². The Labute approximate surface area is 189 Å². The van der Waals surface area contributed by atoms with Gasteiger partial charge in [-0.2, -0.15) is 11.8 Å². The molecule has 4 aliphatic rings. The molecular weight excluding hydrogens is 440 g/mol. The normalized spacial score (nSPS) is 32.0. The number of hydrogen-bond donors (Lipinski definition) is 0. The second kappa shape index (κ2) is 9.84. The molecule has 5 nitrogen and oxygen atoms in total. The fraction of sp³-hybridized carbons (Fsp3) is 0.909. The van der Waals surface area contributed by atoms with Gasteiger partial charge in [0.15, 0.2) is 11.5 Å². The van der Waals surface area contributed by atoms with Crippen LogP contribution in [0.4, 0.5) is 0 Å². The predicted molar refractivity (Wildman–Crippen MR) is 124 cm³/mol. The summed E-state index contributed by atoms with van der Waals surface area (Å²) in [5, 5.41) is 0. The van der Waals surface area contributed by atoms with Crippen LogP contribution >= 0.6 is 11.8 Å². The Bertz CT molecular complexity index is 736. The lowest BCUT2D eigenvalue weighted by atomic mass is 9.70. The largest absolute Gasteiger partial charge is 0.748 e. The van der Waals surface area contributed by atoms with Gasteiger partial charge in [-0.05, 0) is 47.9 Å². The molecule has 0 amide bonds. The van der Waals surface area contributed by atoms with E-state index in [1.54, 1.807) is 0 Å². The summed E-state index contributed by atoms with van der Waals surface area (Å²) in [6.07, 6.45) is 8.18. The highest BCUT2D eigenvalue weighted by Crippen LogP contribution is 2.64. The van der Waals surface area contributed by atoms with Crippen molar-refractivity contribution in [3.63, 3.8) is 0 Å². The summed E-state index contributed by atoms with van der Waals surface area (Å²) in [6, 6.07) is 0. The van der Waals surface area contributed by atoms with Crippen molar-refractivity contribution in [3.8, 4) is 0 Å². The first-order chi connectivity index (χ1) is 14.1. The molecule has 0 spiro atoms. The van der Waals surface area contributed by atoms with Crippen LogP contribution in [0, 0.1) is 22.7 Å². The lowest BCUT2D eigenvalue weighted by molar-refractivity contribution is -0.128. The standard InChI is InChI=1S/C12H21OS2.C10H16O4S/c13-12(11-4-2-1-3-5-11)10-15-8-6-14-7-9-15;1-9(2)7-3-4-10(9,8(11)5-7)6-15(12,13)14/h11H,1-10H2;7H,3-6H2,1-2H3,(H,12,13,14)/q+1;/p-1. The zero-order valence-corrected chi connectivity index (χ0v) is 20.8. The summed E-state index contributed by atoms with van der Waals surface area (Å²) < 4.78 is 32.7. The van der Waals surface area contributed by atoms with E-state index in [4.69, 9.17) is 0 Å². The van der Waals surface area contributed by atoms with Gasteiger partial charge in [0.1, 0.15) is 17.3 Å². The molecular formula is C22H36O5S3. The molecule has 3 aliphatic carbocycles. The van der Waals surface area contributed by atoms with E-state index in [9.17, 15) is 22.6 Å². The Morgan fingerprint density at radius 1 is 1.13 bits per heavy atom. The minimum absolute atomic E-state index is 0.0248. The number of thioether (sulfide) groups is 1. The number of Topliss-reactive ketones (excluding diaryl/α,β-unsaturated/α-hetero) is 2. The first kappa shape index (κ1) is 24.6. The van der Waals surface area contributed by atoms with Crippen molar-refractivity contribution in [3.05, 3.63) is 0 Å². The fourth-order valence-corrected chi connectivity index (χ4v) is 11.3. The summed E-state index contributed by atoms with van der Waals surface area (Å²) in [4.78, 5) is 23.9. The number of ketones is 2. The highest BCUT2D eigenvalue weighted by atomic mass is 32.2. The zero-order valence-electron chi connectivity index (χ0n) is 18.3. The molecule has 0 N–H and O–H groups in total. The van der Waals surface area contributed by atoms with Crippen LogP contribution in [0.15, 0.2) is 0 Å². The molecule has 4 fully saturated rings. The second-order valence-corrected chi connectivity index (χ2v) is 14.9. The van der Waals surface area contributed by atoms with Gasteiger partial charge < -0.3 is 4.55 Å². The highest BCUT2D eigenvalue weighted by molar-refractivity contribution is 8.05. The summed E-state index contributed by atoms with van der Waals surface area (Å²) in [6.45, 7) is 3.83. The molecule has 1 heterocycles. The molecule has 4 rings (SSSR count). The van der Waals surface area contributed by atoms with Crippen molar-refractivity contribution in [2.75, 3.05) is 34.5 Å². The molecule has 8 heteroatoms. The van der Waals surface area contributed by atoms with Gasteiger partial charge in [-0.1, -0.05) is 33.1 Å². The molecule has 1 saturated heterocycles. The van der Waals surface area contributed by atoms with E-state index in [1.165, 1.54) is 55.1 Å². The van der Waals surface area contributed by atoms with Gasteiger partial charge in [-0.15, -0.1) is 0 Å². The van der Waals surface area contributed by atoms with Crippen molar-refractivity contribution >= 4 is 44.3 Å². The van der Waals surface area contributed by atoms with E-state index < -0.39 is 21.3 Å². The minimum atomic E-state index is -4.33. The van der Waals surface area contributed by atoms with Crippen molar-refractivity contribution in [2.45, 2.75) is 65.2 Å². The third kappa shape index (κ3) is 5.46. The Morgan fingerprint density at radius 2 is 1.77 bits per heavy atom. The predicted octanol–water partition coefficient (Wildman–Crippen LogP) is 3.43. The summed E-state index contributed by atoms with van der Waals surface area (Å²) >= 11 is 2.06. The van der Waals surface area contributed by atoms with Crippen LogP contribution in [0.1, 0.15) is 65.2 Å². The smallest absolute Gasteiger partial charge is 0.184 e. The third-order valence-corrected chi connectivity index (χ3v) is 12.6. The molecule has 2 bridgehead atoms. The van der Waals surface area contributed by atoms with Crippen LogP contribution in [-0.2, 0) is 30.6 Å². The molecule has 172 valence electrons. The van der Waals surface area contributed by atoms with Crippen LogP contribution in [0.25, 0.3) is 0 Å². The van der Waals surface area contributed by atoms with E-state index in [2.05, 4.69) is 11.8 Å². The lowest BCUT2D eigenvalue weighted by Gasteiger charge is -2.37. The van der Waals surface area contributed by atoms with Gasteiger partial charge >= 0.3 is 0 Å². The van der Waals surface area contributed by atoms with Gasteiger partial charge in [0.2, 0.25) is 0 Å². The average Bonchev–Trinajstić information content (AvgIpc) is 3.03. The fourth-order valence-electron chi connectivity index (χ4n) is 5.86. The first-order valence-corrected chi connectivity index (χ1v) is 15.7. The number of rotatable bonds is 5. The second-order valence-electron chi connectivity index (χ2n) is 9.95. The third-order valence-electron chi connectivity index (χ3n) is 8.00. The van der Waals surface area contributed by atoms with E-state index in [0.29, 0.717) is 35.4 Å². The van der Waals surface area contributed by atoms with E-state index >= 15 is 0 Å². The Morgan fingerprint density at radius 3 is 2.27 bits per heavy atom. The maximum Gasteiger partial charge on any atom is 0.184 e. The van der Waals surface area contributed by atoms with Crippen molar-refractivity contribution in [1.29, 1.82) is 0 Å². The summed E-state index contributed by atoms with van der Waals surface area (Å²) in [5.74, 6) is 6.89. The lowest BCUT2D eigenvalue weighted by Crippen LogP contribution is -2.42. The molecule has 0 radical (unpaired) electrons. The summed E-state index contributed by atoms with van der Waals surface area (Å²) in [5.41, 5.74) is -1.22. The molecule has 3 saturated carbocycles. The SMILES string of the molecule is CC1(C)C2CCC1(CS(=O)(=O)[O-])C(=O)C2.O=C(C[S+]1CCSCC1)C1CCCCC1. The van der Waals surface area contributed by atoms with Crippen LogP contribution in [0.5, 0.6) is 0 Å². The van der Waals surface area contributed by atoms with Gasteiger partial charge in [0.05, 0.1) is 15.9 Å². The van der Waals surface area contributed by atoms with E-state index in [0.717, 1.165) is 12.2 Å². The van der Waals surface area contributed by atoms with Crippen LogP contribution in [0.2, 0.25) is 0 Å². The van der Waals surface area contributed by atoms with Crippen molar-refractivity contribution < 1.29 is 22.6 Å². The van der Waals surface area contributed by atoms with Gasteiger partial charge in [0.25, 0.3) is 0 Å². The Hall–Kier alpha value is -0.0500. The molecule has 2 atom stereocenters. The van der Waals surface area contributed by atoms with E-state index in [1.807, 2.05) is 13.8 Å². The van der Waals surface area contributed by atoms with Crippen molar-refractivity contribution in [1.82, 2.24) is 0 Å². The van der Waals surface area contributed by atoms with Crippen LogP contribution in [-0.4, -0.2) is 59.1 Å². The average molecular weight is 477 g/mol. The molecule has 2 unspecified atom stereocenters. The monoisotopic (exact) mass is 476 g/mol. The molecule has 0 aromatic carbocycles. The Kier molecular flexibility index (Phi) is 8.06. The minimum Gasteiger partial charge on any atom is -0.748 e. The number of fused-ring (bicyclic) bond motifs is 2. The topological polar surface area (TPSA) is 91.3 Å². The number of carbonyl (C=O) groups is 2. The van der Waals surface area contributed by atoms with Crippen LogP contribution < -0.4 is 0 Å². The maximum atomic E-state index is 12.1.